The summed E-state index contributed by atoms with van der Waals surface area (Å²) in [4.78, 5) is 12.6. The van der Waals surface area contributed by atoms with Crippen LogP contribution in [0.5, 0.6) is 5.75 Å². The van der Waals surface area contributed by atoms with Crippen LogP contribution in [0.2, 0.25) is 5.02 Å². The van der Waals surface area contributed by atoms with E-state index in [0.717, 1.165) is 21.0 Å². The number of carboxylic acids is 1. The quantitative estimate of drug-likeness (QED) is 0.268. The Kier molecular flexibility index (Phi) is 7.01. The number of halogens is 1. The monoisotopic (exact) mass is 537 g/mol. The summed E-state index contributed by atoms with van der Waals surface area (Å²) in [7, 11) is 0. The van der Waals surface area contributed by atoms with E-state index in [2.05, 4.69) is 5.10 Å². The average Bonchev–Trinajstić information content (AvgIpc) is 3.42. The van der Waals surface area contributed by atoms with Crippen LogP contribution in [0.25, 0.3) is 11.1 Å². The molecule has 1 fully saturated rings. The van der Waals surface area contributed by atoms with Crippen LogP contribution in [-0.2, 0) is 22.6 Å². The van der Waals surface area contributed by atoms with E-state index in [1.165, 1.54) is 0 Å². The number of aromatic nitrogens is 2. The maximum absolute atomic E-state index is 12.6. The minimum Gasteiger partial charge on any atom is -0.492 e. The predicted molar refractivity (Wildman–Crippen MR) is 142 cm³/mol. The molecular formula is C27H24ClN3O5S. The molecule has 37 heavy (non-hydrogen) atoms. The number of ether oxygens (including phenoxy) is 1. The Hall–Kier alpha value is -3.66. The van der Waals surface area contributed by atoms with E-state index in [4.69, 9.17) is 16.3 Å². The van der Waals surface area contributed by atoms with Gasteiger partial charge in [-0.2, -0.15) is 5.10 Å². The van der Waals surface area contributed by atoms with Gasteiger partial charge in [0.1, 0.15) is 12.4 Å². The maximum Gasteiger partial charge on any atom is 0.331 e. The first kappa shape index (κ1) is 25.0. The van der Waals surface area contributed by atoms with Crippen molar-refractivity contribution >= 4 is 34.5 Å². The summed E-state index contributed by atoms with van der Waals surface area (Å²) in [6.45, 7) is 0.968. The number of nitrogens with zero attached hydrogens (tertiary/aromatic N) is 3. The lowest BCUT2D eigenvalue weighted by Gasteiger charge is -2.28. The van der Waals surface area contributed by atoms with Gasteiger partial charge in [0.2, 0.25) is 0 Å². The summed E-state index contributed by atoms with van der Waals surface area (Å²) < 4.78 is 31.4. The molecule has 8 nitrogen and oxygen atoms in total. The van der Waals surface area contributed by atoms with Crippen LogP contribution in [0.1, 0.15) is 17.9 Å². The summed E-state index contributed by atoms with van der Waals surface area (Å²) in [5.74, 6) is -1.06. The topological polar surface area (TPSA) is 105 Å². The number of hydrogen-bond donors (Lipinski definition) is 2. The molecule has 190 valence electrons. The molecule has 2 N–H and O–H groups in total. The minimum absolute atomic E-state index is 0.185. The van der Waals surface area contributed by atoms with E-state index < -0.39 is 28.7 Å². The molecule has 1 aliphatic carbocycles. The van der Waals surface area contributed by atoms with Crippen LogP contribution >= 0.6 is 11.6 Å². The van der Waals surface area contributed by atoms with Gasteiger partial charge in [-0.1, -0.05) is 48.0 Å². The van der Waals surface area contributed by atoms with E-state index >= 15 is 0 Å². The SMILES string of the molecule is O=C(O)C1(N(c2ccc(-c3ccc(Cl)cc3)cc2)S(=O)O)CC1c1cccc(OCCn2cccn2)c1. The zero-order valence-corrected chi connectivity index (χ0v) is 21.2. The van der Waals surface area contributed by atoms with Crippen LogP contribution in [0.15, 0.2) is 91.3 Å². The lowest BCUT2D eigenvalue weighted by molar-refractivity contribution is -0.139. The molecule has 3 aromatic carbocycles. The Labute approximate surface area is 221 Å². The van der Waals surface area contributed by atoms with Crippen LogP contribution in [0.4, 0.5) is 5.69 Å². The molecule has 0 bridgehead atoms. The van der Waals surface area contributed by atoms with Crippen LogP contribution < -0.4 is 9.04 Å². The van der Waals surface area contributed by atoms with Crippen molar-refractivity contribution in [2.24, 2.45) is 0 Å². The molecule has 10 heteroatoms. The van der Waals surface area contributed by atoms with E-state index in [0.29, 0.717) is 29.6 Å². The van der Waals surface area contributed by atoms with Crippen molar-refractivity contribution in [3.8, 4) is 16.9 Å². The fraction of sp³-hybridized carbons (Fsp3) is 0.185. The van der Waals surface area contributed by atoms with E-state index in [1.807, 2.05) is 30.5 Å². The van der Waals surface area contributed by atoms with Gasteiger partial charge in [0.25, 0.3) is 11.3 Å². The Morgan fingerprint density at radius 2 is 1.81 bits per heavy atom. The molecular weight excluding hydrogens is 514 g/mol. The second-order valence-corrected chi connectivity index (χ2v) is 10.0. The first-order chi connectivity index (χ1) is 17.9. The molecule has 0 spiro atoms. The molecule has 3 atom stereocenters. The van der Waals surface area contributed by atoms with Crippen LogP contribution in [0.3, 0.4) is 0 Å². The summed E-state index contributed by atoms with van der Waals surface area (Å²) in [5, 5.41) is 15.0. The van der Waals surface area contributed by atoms with Crippen molar-refractivity contribution in [3.63, 3.8) is 0 Å². The molecule has 0 saturated heterocycles. The first-order valence-electron chi connectivity index (χ1n) is 11.6. The molecule has 4 aromatic rings. The third-order valence-corrected chi connectivity index (χ3v) is 7.61. The highest BCUT2D eigenvalue weighted by molar-refractivity contribution is 7.80. The highest BCUT2D eigenvalue weighted by atomic mass is 35.5. The van der Waals surface area contributed by atoms with Gasteiger partial charge in [-0.25, -0.2) is 9.00 Å². The van der Waals surface area contributed by atoms with Gasteiger partial charge in [0.15, 0.2) is 5.54 Å². The zero-order chi connectivity index (χ0) is 26.0. The zero-order valence-electron chi connectivity index (χ0n) is 19.6. The predicted octanol–water partition coefficient (Wildman–Crippen LogP) is 5.24. The van der Waals surface area contributed by atoms with E-state index in [9.17, 15) is 18.7 Å². The second kappa shape index (κ2) is 10.4. The lowest BCUT2D eigenvalue weighted by atomic mass is 10.0. The maximum atomic E-state index is 12.6. The fourth-order valence-electron chi connectivity index (χ4n) is 4.60. The average molecular weight is 538 g/mol. The summed E-state index contributed by atoms with van der Waals surface area (Å²) >= 11 is 3.41. The van der Waals surface area contributed by atoms with Crippen molar-refractivity contribution in [2.75, 3.05) is 10.9 Å². The van der Waals surface area contributed by atoms with Gasteiger partial charge in [-0.05, 0) is 65.6 Å². The van der Waals surface area contributed by atoms with E-state index in [1.54, 1.807) is 65.5 Å². The number of anilines is 1. The van der Waals surface area contributed by atoms with Gasteiger partial charge < -0.3 is 9.84 Å². The van der Waals surface area contributed by atoms with Crippen LogP contribution in [0, 0.1) is 0 Å². The molecule has 1 heterocycles. The fourth-order valence-corrected chi connectivity index (χ4v) is 5.58. The van der Waals surface area contributed by atoms with Gasteiger partial charge in [0, 0.05) is 23.3 Å². The number of hydrogen-bond acceptors (Lipinski definition) is 4. The third-order valence-electron chi connectivity index (χ3n) is 6.51. The summed E-state index contributed by atoms with van der Waals surface area (Å²) in [5.41, 5.74) is 1.31. The summed E-state index contributed by atoms with van der Waals surface area (Å²) in [6, 6.07) is 23.3. The standard InChI is InChI=1S/C27H24ClN3O5S/c28-22-9-5-19(6-10-22)20-7-11-23(12-8-20)31(37(34)35)27(26(32)33)18-25(27)21-3-1-4-24(17-21)36-16-15-30-14-2-13-29-30/h1-14,17,25H,15-16,18H2,(H,32,33)(H,34,35). The normalized spacial score (nSPS) is 19.2. The second-order valence-electron chi connectivity index (χ2n) is 8.76. The molecule has 1 aromatic heterocycles. The Bertz CT molecular complexity index is 1410. The van der Waals surface area contributed by atoms with Crippen LogP contribution in [-0.4, -0.2) is 41.8 Å². The Balaban J connectivity index is 1.37. The molecule has 0 aliphatic heterocycles. The summed E-state index contributed by atoms with van der Waals surface area (Å²) in [6.07, 6.45) is 3.72. The number of rotatable bonds is 10. The van der Waals surface area contributed by atoms with Crippen molar-refractivity contribution in [2.45, 2.75) is 24.4 Å². The Morgan fingerprint density at radius 3 is 2.43 bits per heavy atom. The van der Waals surface area contributed by atoms with Gasteiger partial charge in [0.05, 0.1) is 12.2 Å². The third kappa shape index (κ3) is 5.11. The smallest absolute Gasteiger partial charge is 0.331 e. The molecule has 5 rings (SSSR count). The highest BCUT2D eigenvalue weighted by Crippen LogP contribution is 2.57. The number of carbonyl (C=O) groups is 1. The molecule has 1 aliphatic rings. The first-order valence-corrected chi connectivity index (χ1v) is 13.0. The highest BCUT2D eigenvalue weighted by Gasteiger charge is 2.67. The molecule has 3 unspecified atom stereocenters. The number of aliphatic carboxylic acids is 1. The van der Waals surface area contributed by atoms with Crippen molar-refractivity contribution in [1.29, 1.82) is 0 Å². The lowest BCUT2D eigenvalue weighted by Crippen LogP contribution is -2.46. The minimum atomic E-state index is -2.56. The molecule has 0 amide bonds. The van der Waals surface area contributed by atoms with Crippen molar-refractivity contribution < 1.29 is 23.4 Å². The van der Waals surface area contributed by atoms with Gasteiger partial charge in [-0.15, -0.1) is 0 Å². The van der Waals surface area contributed by atoms with Gasteiger partial charge >= 0.3 is 5.97 Å². The van der Waals surface area contributed by atoms with Crippen molar-refractivity contribution in [1.82, 2.24) is 9.78 Å². The van der Waals surface area contributed by atoms with E-state index in [-0.39, 0.29) is 6.42 Å². The molecule has 0 radical (unpaired) electrons. The van der Waals surface area contributed by atoms with Gasteiger partial charge in [-0.3, -0.25) is 13.5 Å². The van der Waals surface area contributed by atoms with Crippen molar-refractivity contribution in [3.05, 3.63) is 102 Å². The number of carboxylic acid groups (broad SMARTS) is 1. The molecule has 1 saturated carbocycles. The number of benzene rings is 3. The Morgan fingerprint density at radius 1 is 1.11 bits per heavy atom. The largest absolute Gasteiger partial charge is 0.492 e.